The minimum Gasteiger partial charge on any atom is -0.497 e. The lowest BCUT2D eigenvalue weighted by atomic mass is 10.2. The van der Waals surface area contributed by atoms with Gasteiger partial charge in [-0.3, -0.25) is 9.36 Å². The second-order valence-corrected chi connectivity index (χ2v) is 5.31. The lowest BCUT2D eigenvalue weighted by Gasteiger charge is -2.10. The van der Waals surface area contributed by atoms with Gasteiger partial charge >= 0.3 is 0 Å². The van der Waals surface area contributed by atoms with Gasteiger partial charge in [0.25, 0.3) is 5.56 Å². The summed E-state index contributed by atoms with van der Waals surface area (Å²) in [6.07, 6.45) is 1.61. The molecule has 0 fully saturated rings. The van der Waals surface area contributed by atoms with Crippen molar-refractivity contribution in [3.63, 3.8) is 0 Å². The number of hydrogen-bond acceptors (Lipinski definition) is 4. The fourth-order valence-corrected chi connectivity index (χ4v) is 2.36. The van der Waals surface area contributed by atoms with Gasteiger partial charge in [-0.2, -0.15) is 0 Å². The molecular weight excluding hydrogens is 268 g/mol. The third-order valence-electron chi connectivity index (χ3n) is 3.57. The quantitative estimate of drug-likeness (QED) is 0.788. The minimum absolute atomic E-state index is 0.0444. The Morgan fingerprint density at radius 3 is 2.90 bits per heavy atom. The van der Waals surface area contributed by atoms with Crippen LogP contribution in [-0.4, -0.2) is 47.2 Å². The summed E-state index contributed by atoms with van der Waals surface area (Å²) in [5.41, 5.74) is 2.08. The zero-order chi connectivity index (χ0) is 15.0. The Labute approximate surface area is 122 Å². The second-order valence-electron chi connectivity index (χ2n) is 5.31. The van der Waals surface area contributed by atoms with Gasteiger partial charge in [0, 0.05) is 24.0 Å². The normalized spacial score (nSPS) is 11.6. The smallest absolute Gasteiger partial charge is 0.277 e. The molecule has 0 amide bonds. The van der Waals surface area contributed by atoms with Crippen LogP contribution in [0.3, 0.4) is 0 Å². The Hall–Kier alpha value is -2.34. The Kier molecular flexibility index (Phi) is 3.39. The highest BCUT2D eigenvalue weighted by molar-refractivity contribution is 6.04. The van der Waals surface area contributed by atoms with Crippen molar-refractivity contribution >= 4 is 21.9 Å². The van der Waals surface area contributed by atoms with Crippen LogP contribution in [0.4, 0.5) is 0 Å². The maximum atomic E-state index is 12.5. The lowest BCUT2D eigenvalue weighted by molar-refractivity contribution is 0.380. The van der Waals surface area contributed by atoms with E-state index < -0.39 is 0 Å². The number of ether oxygens (including phenoxy) is 1. The summed E-state index contributed by atoms with van der Waals surface area (Å²) in [7, 11) is 5.58. The zero-order valence-corrected chi connectivity index (χ0v) is 12.4. The summed E-state index contributed by atoms with van der Waals surface area (Å²) in [4.78, 5) is 22.1. The highest BCUT2D eigenvalue weighted by atomic mass is 16.5. The Morgan fingerprint density at radius 1 is 1.38 bits per heavy atom. The lowest BCUT2D eigenvalue weighted by Crippen LogP contribution is -2.26. The van der Waals surface area contributed by atoms with Crippen molar-refractivity contribution in [2.45, 2.75) is 6.54 Å². The molecule has 0 unspecified atom stereocenters. The van der Waals surface area contributed by atoms with Crippen LogP contribution >= 0.6 is 0 Å². The van der Waals surface area contributed by atoms with E-state index in [1.165, 1.54) is 0 Å². The van der Waals surface area contributed by atoms with Gasteiger partial charge in [0.1, 0.15) is 16.8 Å². The maximum absolute atomic E-state index is 12.5. The van der Waals surface area contributed by atoms with Gasteiger partial charge in [0.15, 0.2) is 0 Å². The molecule has 110 valence electrons. The number of likely N-dealkylation sites (N-methyl/N-ethyl adjacent to an activating group) is 1. The number of nitrogens with zero attached hydrogens (tertiary/aromatic N) is 3. The molecule has 0 aliphatic heterocycles. The fraction of sp³-hybridized carbons (Fsp3) is 0.333. The van der Waals surface area contributed by atoms with Crippen LogP contribution in [0.15, 0.2) is 29.3 Å². The van der Waals surface area contributed by atoms with Gasteiger partial charge in [0.2, 0.25) is 0 Å². The molecule has 6 heteroatoms. The molecule has 21 heavy (non-hydrogen) atoms. The summed E-state index contributed by atoms with van der Waals surface area (Å²) in [5, 5.41) is 0.904. The molecule has 3 rings (SSSR count). The van der Waals surface area contributed by atoms with Crippen molar-refractivity contribution in [3.05, 3.63) is 34.9 Å². The third kappa shape index (κ3) is 2.38. The molecule has 0 aliphatic carbocycles. The SMILES string of the molecule is COc1ccc2[nH]c3c(=O)n(CCN(C)C)cnc3c2c1. The van der Waals surface area contributed by atoms with E-state index in [9.17, 15) is 4.79 Å². The largest absolute Gasteiger partial charge is 0.497 e. The maximum Gasteiger partial charge on any atom is 0.277 e. The van der Waals surface area contributed by atoms with Crippen molar-refractivity contribution < 1.29 is 4.74 Å². The number of hydrogen-bond donors (Lipinski definition) is 1. The summed E-state index contributed by atoms with van der Waals surface area (Å²) in [6, 6.07) is 5.66. The number of H-pyrrole nitrogens is 1. The monoisotopic (exact) mass is 286 g/mol. The van der Waals surface area contributed by atoms with E-state index in [2.05, 4.69) is 9.97 Å². The van der Waals surface area contributed by atoms with Crippen molar-refractivity contribution in [1.29, 1.82) is 0 Å². The van der Waals surface area contributed by atoms with E-state index in [-0.39, 0.29) is 5.56 Å². The predicted molar refractivity (Wildman–Crippen MR) is 83.0 cm³/mol. The molecule has 0 aliphatic rings. The van der Waals surface area contributed by atoms with Crippen molar-refractivity contribution in [3.8, 4) is 5.75 Å². The van der Waals surface area contributed by atoms with Crippen LogP contribution in [0.2, 0.25) is 0 Å². The van der Waals surface area contributed by atoms with E-state index in [4.69, 9.17) is 4.74 Å². The topological polar surface area (TPSA) is 63.2 Å². The summed E-state index contributed by atoms with van der Waals surface area (Å²) in [5.74, 6) is 0.752. The van der Waals surface area contributed by atoms with E-state index in [1.807, 2.05) is 37.2 Å². The second kappa shape index (κ2) is 5.21. The van der Waals surface area contributed by atoms with Gasteiger partial charge in [-0.25, -0.2) is 4.98 Å². The highest BCUT2D eigenvalue weighted by Crippen LogP contribution is 2.25. The molecule has 1 N–H and O–H groups in total. The first-order valence-corrected chi connectivity index (χ1v) is 6.80. The third-order valence-corrected chi connectivity index (χ3v) is 3.57. The zero-order valence-electron chi connectivity index (χ0n) is 12.4. The van der Waals surface area contributed by atoms with Crippen LogP contribution in [0.25, 0.3) is 21.9 Å². The molecule has 2 aromatic heterocycles. The molecule has 1 aromatic carbocycles. The molecular formula is C15H18N4O2. The summed E-state index contributed by atoms with van der Waals surface area (Å²) in [6.45, 7) is 1.41. The van der Waals surface area contributed by atoms with Crippen molar-refractivity contribution in [1.82, 2.24) is 19.4 Å². The number of aromatic amines is 1. The molecule has 3 aromatic rings. The molecule has 0 spiro atoms. The molecule has 0 saturated carbocycles. The fourth-order valence-electron chi connectivity index (χ4n) is 2.36. The molecule has 0 bridgehead atoms. The first kappa shape index (κ1) is 13.6. The van der Waals surface area contributed by atoms with Gasteiger partial charge in [-0.15, -0.1) is 0 Å². The number of rotatable bonds is 4. The number of benzene rings is 1. The van der Waals surface area contributed by atoms with Gasteiger partial charge < -0.3 is 14.6 Å². The van der Waals surface area contributed by atoms with Crippen LogP contribution in [0, 0.1) is 0 Å². The van der Waals surface area contributed by atoms with E-state index >= 15 is 0 Å². The number of aromatic nitrogens is 3. The average molecular weight is 286 g/mol. The van der Waals surface area contributed by atoms with Crippen LogP contribution in [0.1, 0.15) is 0 Å². The average Bonchev–Trinajstić information content (AvgIpc) is 2.85. The van der Waals surface area contributed by atoms with Gasteiger partial charge in [0.05, 0.1) is 13.4 Å². The number of methoxy groups -OCH3 is 1. The van der Waals surface area contributed by atoms with Crippen LogP contribution in [-0.2, 0) is 6.54 Å². The summed E-state index contributed by atoms with van der Waals surface area (Å²) < 4.78 is 6.86. The van der Waals surface area contributed by atoms with Crippen LogP contribution < -0.4 is 10.3 Å². The van der Waals surface area contributed by atoms with Crippen molar-refractivity contribution in [2.75, 3.05) is 27.7 Å². The molecule has 0 atom stereocenters. The van der Waals surface area contributed by atoms with Crippen molar-refractivity contribution in [2.24, 2.45) is 0 Å². The number of fused-ring (bicyclic) bond motifs is 3. The highest BCUT2D eigenvalue weighted by Gasteiger charge is 2.11. The standard InChI is InChI=1S/C15H18N4O2/c1-18(2)6-7-19-9-16-13-11-8-10(21-3)4-5-12(11)17-14(13)15(19)20/h4-5,8-9,17H,6-7H2,1-3H3. The van der Waals surface area contributed by atoms with Gasteiger partial charge in [-0.1, -0.05) is 0 Å². The first-order valence-electron chi connectivity index (χ1n) is 6.80. The molecule has 0 saturated heterocycles. The van der Waals surface area contributed by atoms with Crippen LogP contribution in [0.5, 0.6) is 5.75 Å². The molecule has 0 radical (unpaired) electrons. The minimum atomic E-state index is -0.0444. The molecule has 6 nitrogen and oxygen atoms in total. The summed E-state index contributed by atoms with van der Waals surface area (Å²) >= 11 is 0. The molecule has 2 heterocycles. The van der Waals surface area contributed by atoms with E-state index in [0.29, 0.717) is 17.6 Å². The predicted octanol–water partition coefficient (Wildman–Crippen LogP) is 1.45. The first-order chi connectivity index (χ1) is 10.1. The Morgan fingerprint density at radius 2 is 2.19 bits per heavy atom. The van der Waals surface area contributed by atoms with Gasteiger partial charge in [-0.05, 0) is 32.3 Å². The Balaban J connectivity index is 2.16. The van der Waals surface area contributed by atoms with E-state index in [1.54, 1.807) is 18.0 Å². The van der Waals surface area contributed by atoms with E-state index in [0.717, 1.165) is 23.2 Å². The number of nitrogens with one attached hydrogen (secondary N) is 1. The Bertz CT molecular complexity index is 848.